The lowest BCUT2D eigenvalue weighted by Gasteiger charge is -2.31. The molecule has 0 aromatic heterocycles. The van der Waals surface area contributed by atoms with Crippen molar-refractivity contribution in [3.8, 4) is 0 Å². The van der Waals surface area contributed by atoms with E-state index in [0.717, 1.165) is 32.1 Å². The molecule has 0 spiro atoms. The molecular weight excluding hydrogens is 196 g/mol. The van der Waals surface area contributed by atoms with Gasteiger partial charge in [0.1, 0.15) is 0 Å². The van der Waals surface area contributed by atoms with Gasteiger partial charge in [-0.05, 0) is 42.5 Å². The number of anilines is 1. The van der Waals surface area contributed by atoms with Crippen molar-refractivity contribution in [3.63, 3.8) is 0 Å². The van der Waals surface area contributed by atoms with Crippen LogP contribution in [0.25, 0.3) is 0 Å². The molecule has 0 amide bonds. The number of hydrogen-bond donors (Lipinski definition) is 1. The smallest absolute Gasteiger partial charge is 0.0370 e. The van der Waals surface area contributed by atoms with E-state index in [2.05, 4.69) is 34.5 Å². The van der Waals surface area contributed by atoms with Crippen molar-refractivity contribution >= 4 is 5.69 Å². The number of piperazine rings is 1. The van der Waals surface area contributed by atoms with Crippen molar-refractivity contribution in [2.24, 2.45) is 0 Å². The highest BCUT2D eigenvalue weighted by Crippen LogP contribution is 2.37. The Morgan fingerprint density at radius 1 is 1.25 bits per heavy atom. The minimum absolute atomic E-state index is 0.794. The largest absolute Gasteiger partial charge is 0.369 e. The van der Waals surface area contributed by atoms with Gasteiger partial charge in [0.25, 0.3) is 0 Å². The van der Waals surface area contributed by atoms with E-state index in [1.807, 2.05) is 0 Å². The molecule has 1 heterocycles. The summed E-state index contributed by atoms with van der Waals surface area (Å²) in [6.07, 6.45) is 4.12. The molecule has 0 atom stereocenters. The van der Waals surface area contributed by atoms with E-state index in [0.29, 0.717) is 0 Å². The summed E-state index contributed by atoms with van der Waals surface area (Å²) in [5.74, 6) is 0.794. The molecule has 85 valence electrons. The van der Waals surface area contributed by atoms with E-state index in [1.54, 1.807) is 0 Å². The van der Waals surface area contributed by atoms with Crippen molar-refractivity contribution in [2.75, 3.05) is 31.1 Å². The lowest BCUT2D eigenvalue weighted by Crippen LogP contribution is -2.43. The van der Waals surface area contributed by atoms with Crippen LogP contribution in [0.5, 0.6) is 0 Å². The fourth-order valence-electron chi connectivity index (χ4n) is 2.55. The number of hydrogen-bond acceptors (Lipinski definition) is 2. The van der Waals surface area contributed by atoms with E-state index in [-0.39, 0.29) is 0 Å². The van der Waals surface area contributed by atoms with Gasteiger partial charge in [0.05, 0.1) is 0 Å². The summed E-state index contributed by atoms with van der Waals surface area (Å²) in [4.78, 5) is 2.48. The molecule has 0 unspecified atom stereocenters. The predicted molar refractivity (Wildman–Crippen MR) is 67.0 cm³/mol. The third-order valence-corrected chi connectivity index (χ3v) is 3.83. The first-order valence-electron chi connectivity index (χ1n) is 6.41. The molecule has 1 aliphatic carbocycles. The molecule has 1 aliphatic heterocycles. The van der Waals surface area contributed by atoms with E-state index in [1.165, 1.54) is 30.5 Å². The van der Waals surface area contributed by atoms with Crippen molar-refractivity contribution in [3.05, 3.63) is 29.8 Å². The Morgan fingerprint density at radius 2 is 2.06 bits per heavy atom. The first-order chi connectivity index (χ1) is 7.93. The molecule has 1 radical (unpaired) electrons. The van der Waals surface area contributed by atoms with Crippen LogP contribution < -0.4 is 10.2 Å². The molecule has 1 saturated heterocycles. The molecule has 1 N–H and O–H groups in total. The maximum absolute atomic E-state index is 3.41. The summed E-state index contributed by atoms with van der Waals surface area (Å²) in [7, 11) is 0. The average molecular weight is 215 g/mol. The molecule has 16 heavy (non-hydrogen) atoms. The summed E-state index contributed by atoms with van der Waals surface area (Å²) in [5, 5.41) is 3.39. The van der Waals surface area contributed by atoms with Gasteiger partial charge in [-0.25, -0.2) is 0 Å². The molecule has 1 aromatic carbocycles. The molecule has 2 fully saturated rings. The lowest BCUT2D eigenvalue weighted by molar-refractivity contribution is 0.419. The van der Waals surface area contributed by atoms with Crippen LogP contribution in [-0.4, -0.2) is 26.2 Å². The van der Waals surface area contributed by atoms with E-state index in [9.17, 15) is 0 Å². The van der Waals surface area contributed by atoms with E-state index < -0.39 is 0 Å². The quantitative estimate of drug-likeness (QED) is 0.813. The van der Waals surface area contributed by atoms with E-state index >= 15 is 0 Å². The van der Waals surface area contributed by atoms with Crippen LogP contribution in [0.2, 0.25) is 0 Å². The van der Waals surface area contributed by atoms with E-state index in [4.69, 9.17) is 0 Å². The third-order valence-electron chi connectivity index (χ3n) is 3.83. The number of nitrogens with zero attached hydrogens (tertiary/aromatic N) is 1. The molecule has 0 bridgehead atoms. The highest BCUT2D eigenvalue weighted by molar-refractivity contribution is 5.49. The zero-order valence-corrected chi connectivity index (χ0v) is 9.71. The van der Waals surface area contributed by atoms with Gasteiger partial charge < -0.3 is 10.2 Å². The monoisotopic (exact) mass is 215 g/mol. The average Bonchev–Trinajstić information content (AvgIpc) is 2.28. The highest BCUT2D eigenvalue weighted by atomic mass is 15.2. The second kappa shape index (κ2) is 4.46. The van der Waals surface area contributed by atoms with Gasteiger partial charge in [0.2, 0.25) is 0 Å². The summed E-state index contributed by atoms with van der Waals surface area (Å²) in [5.41, 5.74) is 2.82. The minimum atomic E-state index is 0.794. The van der Waals surface area contributed by atoms with Crippen LogP contribution in [0.15, 0.2) is 18.2 Å². The van der Waals surface area contributed by atoms with Crippen LogP contribution in [0.4, 0.5) is 5.69 Å². The molecule has 2 nitrogen and oxygen atoms in total. The Morgan fingerprint density at radius 3 is 2.75 bits per heavy atom. The fraction of sp³-hybridized carbons (Fsp3) is 0.571. The maximum Gasteiger partial charge on any atom is 0.0370 e. The Hall–Kier alpha value is -1.02. The van der Waals surface area contributed by atoms with Crippen LogP contribution in [0.1, 0.15) is 30.7 Å². The SMILES string of the molecule is [c]1ccc(N2CCNCC2)cc1C1CCC1. The van der Waals surface area contributed by atoms with Crippen LogP contribution in [0.3, 0.4) is 0 Å². The fourth-order valence-corrected chi connectivity index (χ4v) is 2.55. The van der Waals surface area contributed by atoms with Gasteiger partial charge in [-0.2, -0.15) is 0 Å². The highest BCUT2D eigenvalue weighted by Gasteiger charge is 2.20. The first kappa shape index (κ1) is 10.2. The van der Waals surface area contributed by atoms with Gasteiger partial charge in [-0.1, -0.05) is 12.5 Å². The van der Waals surface area contributed by atoms with Crippen molar-refractivity contribution in [1.82, 2.24) is 5.32 Å². The van der Waals surface area contributed by atoms with Crippen LogP contribution in [-0.2, 0) is 0 Å². The Balaban J connectivity index is 1.77. The van der Waals surface area contributed by atoms with Crippen LogP contribution in [0, 0.1) is 6.07 Å². The molecular formula is C14H19N2. The van der Waals surface area contributed by atoms with Crippen molar-refractivity contribution < 1.29 is 0 Å². The zero-order chi connectivity index (χ0) is 10.8. The maximum atomic E-state index is 3.41. The Bertz CT molecular complexity index is 352. The predicted octanol–water partition coefficient (Wildman–Crippen LogP) is 2.16. The zero-order valence-electron chi connectivity index (χ0n) is 9.71. The number of nitrogens with one attached hydrogen (secondary N) is 1. The van der Waals surface area contributed by atoms with Gasteiger partial charge in [-0.15, -0.1) is 0 Å². The number of benzene rings is 1. The second-order valence-electron chi connectivity index (χ2n) is 4.87. The Kier molecular flexibility index (Phi) is 2.83. The first-order valence-corrected chi connectivity index (χ1v) is 6.41. The molecule has 2 aliphatic rings. The molecule has 2 heteroatoms. The summed E-state index contributed by atoms with van der Waals surface area (Å²) in [6, 6.07) is 10.1. The van der Waals surface area contributed by atoms with Gasteiger partial charge in [0, 0.05) is 31.9 Å². The van der Waals surface area contributed by atoms with Gasteiger partial charge >= 0.3 is 0 Å². The third kappa shape index (κ3) is 1.94. The number of rotatable bonds is 2. The van der Waals surface area contributed by atoms with Crippen molar-refractivity contribution in [1.29, 1.82) is 0 Å². The topological polar surface area (TPSA) is 15.3 Å². The van der Waals surface area contributed by atoms with Crippen molar-refractivity contribution in [2.45, 2.75) is 25.2 Å². The molecule has 3 rings (SSSR count). The summed E-state index contributed by atoms with van der Waals surface area (Å²) in [6.45, 7) is 4.48. The second-order valence-corrected chi connectivity index (χ2v) is 4.87. The molecule has 1 aromatic rings. The normalized spacial score (nSPS) is 21.9. The van der Waals surface area contributed by atoms with Crippen LogP contribution >= 0.6 is 0 Å². The standard InChI is InChI=1S/C14H19N2/c1-3-12(4-1)13-5-2-6-14(11-13)16-9-7-15-8-10-16/h2,6,11-12,15H,1,3-4,7-10H2. The van der Waals surface area contributed by atoms with Gasteiger partial charge in [0.15, 0.2) is 0 Å². The van der Waals surface area contributed by atoms with Gasteiger partial charge in [-0.3, -0.25) is 0 Å². The minimum Gasteiger partial charge on any atom is -0.369 e. The Labute approximate surface area is 97.6 Å². The summed E-state index contributed by atoms with van der Waals surface area (Å²) < 4.78 is 0. The lowest BCUT2D eigenvalue weighted by atomic mass is 9.80. The molecule has 1 saturated carbocycles. The summed E-state index contributed by atoms with van der Waals surface area (Å²) >= 11 is 0.